The first kappa shape index (κ1) is 22.4. The fraction of sp³-hybridized carbons (Fsp3) is 0.280. The van der Waals surface area contributed by atoms with Crippen LogP contribution in [0.5, 0.6) is 0 Å². The Hall–Kier alpha value is -4.39. The molecule has 176 valence electrons. The molecule has 1 fully saturated rings. The van der Waals surface area contributed by atoms with Crippen molar-refractivity contribution in [2.75, 3.05) is 13.1 Å². The van der Waals surface area contributed by atoms with Gasteiger partial charge in [0, 0.05) is 19.3 Å². The smallest absolute Gasteiger partial charge is 0.295 e. The Morgan fingerprint density at radius 3 is 2.63 bits per heavy atom. The summed E-state index contributed by atoms with van der Waals surface area (Å²) < 4.78 is 16.1. The molecule has 0 radical (unpaired) electrons. The van der Waals surface area contributed by atoms with Gasteiger partial charge in [-0.15, -0.1) is 5.10 Å². The number of benzene rings is 1. The molecule has 5 rings (SSSR count). The molecule has 1 aliphatic rings. The Morgan fingerprint density at radius 2 is 1.97 bits per heavy atom. The lowest BCUT2D eigenvalue weighted by atomic mass is 9.69. The maximum Gasteiger partial charge on any atom is 0.295 e. The summed E-state index contributed by atoms with van der Waals surface area (Å²) in [6, 6.07) is 12.1. The molecule has 1 aliphatic heterocycles. The molecule has 0 spiro atoms. The highest BCUT2D eigenvalue weighted by atomic mass is 19.1. The zero-order chi connectivity index (χ0) is 24.6. The molecule has 4 aromatic rings. The number of pyridine rings is 1. The van der Waals surface area contributed by atoms with Gasteiger partial charge in [0.1, 0.15) is 0 Å². The summed E-state index contributed by atoms with van der Waals surface area (Å²) in [5.74, 6) is -1.90. The molecule has 3 aromatic heterocycles. The average Bonchev–Trinajstić information content (AvgIpc) is 3.60. The van der Waals surface area contributed by atoms with Gasteiger partial charge in [0.2, 0.25) is 0 Å². The van der Waals surface area contributed by atoms with Gasteiger partial charge in [0.15, 0.2) is 11.6 Å². The predicted octanol–water partition coefficient (Wildman–Crippen LogP) is 3.19. The van der Waals surface area contributed by atoms with E-state index in [0.717, 1.165) is 11.8 Å². The molecular weight excluding hydrogens is 449 g/mol. The number of nitrogens with one attached hydrogen (secondary N) is 1. The van der Waals surface area contributed by atoms with E-state index >= 15 is 0 Å². The number of carbonyl (C=O) groups is 2. The highest BCUT2D eigenvalue weighted by Gasteiger charge is 2.40. The van der Waals surface area contributed by atoms with E-state index in [1.807, 2.05) is 37.3 Å². The van der Waals surface area contributed by atoms with Gasteiger partial charge in [-0.2, -0.15) is 5.26 Å². The van der Waals surface area contributed by atoms with Crippen molar-refractivity contribution >= 4 is 22.6 Å². The molecule has 35 heavy (non-hydrogen) atoms. The minimum atomic E-state index is -0.796. The van der Waals surface area contributed by atoms with Crippen LogP contribution >= 0.6 is 0 Å². The number of nitrogens with zero attached hydrogens (tertiary/aromatic N) is 6. The van der Waals surface area contributed by atoms with Gasteiger partial charge in [-0.1, -0.05) is 35.5 Å². The fourth-order valence-electron chi connectivity index (χ4n) is 4.86. The number of rotatable bonds is 5. The van der Waals surface area contributed by atoms with E-state index in [-0.39, 0.29) is 28.2 Å². The van der Waals surface area contributed by atoms with Gasteiger partial charge < -0.3 is 9.88 Å². The van der Waals surface area contributed by atoms with E-state index in [4.69, 9.17) is 0 Å². The van der Waals surface area contributed by atoms with Gasteiger partial charge in [-0.3, -0.25) is 9.59 Å². The third-order valence-corrected chi connectivity index (χ3v) is 6.93. The number of ketones is 1. The summed E-state index contributed by atoms with van der Waals surface area (Å²) in [5.41, 5.74) is 0.442. The first-order valence-electron chi connectivity index (χ1n) is 11.3. The summed E-state index contributed by atoms with van der Waals surface area (Å²) in [4.78, 5) is 34.6. The largest absolute Gasteiger partial charge is 0.357 e. The molecule has 1 aromatic carbocycles. The molecule has 10 heteroatoms. The van der Waals surface area contributed by atoms with Crippen LogP contribution in [0.1, 0.15) is 35.7 Å². The number of amides is 1. The number of Topliss-reactive ketones (excluding diaryl/α,β-unsaturated/α-hetero) is 1. The normalized spacial score (nSPS) is 16.1. The van der Waals surface area contributed by atoms with Crippen molar-refractivity contribution in [1.82, 2.24) is 29.9 Å². The van der Waals surface area contributed by atoms with E-state index in [9.17, 15) is 19.2 Å². The maximum absolute atomic E-state index is 14.7. The third kappa shape index (κ3) is 3.75. The molecule has 0 aliphatic carbocycles. The quantitative estimate of drug-likeness (QED) is 0.353. The molecule has 1 amide bonds. The topological polar surface area (TPSA) is 121 Å². The standard InChI is InChI=1S/C25H22FN7O2/c1-25(15-27,16-5-3-2-4-6-16)17-7-10-32(11-8-17)24(35)22(34)18-13-28-21-20(18)19(26)14-29-23(21)33-12-9-30-31-33/h2-6,9,12-14,17,28H,7-8,10-11H2,1H3. The molecule has 4 heterocycles. The minimum absolute atomic E-state index is 0.0140. The number of likely N-dealkylation sites (tertiary alicyclic amines) is 1. The summed E-state index contributed by atoms with van der Waals surface area (Å²) in [6.07, 6.45) is 6.48. The number of aromatic nitrogens is 5. The van der Waals surface area contributed by atoms with Crippen molar-refractivity contribution < 1.29 is 14.0 Å². The van der Waals surface area contributed by atoms with E-state index < -0.39 is 22.9 Å². The summed E-state index contributed by atoms with van der Waals surface area (Å²) >= 11 is 0. The minimum Gasteiger partial charge on any atom is -0.357 e. The Kier molecular flexibility index (Phi) is 5.61. The van der Waals surface area contributed by atoms with E-state index in [2.05, 4.69) is 26.3 Å². The summed E-state index contributed by atoms with van der Waals surface area (Å²) in [6.45, 7) is 2.61. The summed E-state index contributed by atoms with van der Waals surface area (Å²) in [5, 5.41) is 17.5. The summed E-state index contributed by atoms with van der Waals surface area (Å²) in [7, 11) is 0. The lowest BCUT2D eigenvalue weighted by Crippen LogP contribution is -2.46. The SMILES string of the molecule is CC(C#N)(c1ccccc1)C1CCN(C(=O)C(=O)c2c[nH]c3c(-n4ccnn4)ncc(F)c23)CC1. The number of carbonyl (C=O) groups excluding carboxylic acids is 2. The van der Waals surface area contributed by atoms with Gasteiger partial charge in [-0.25, -0.2) is 14.1 Å². The first-order valence-corrected chi connectivity index (χ1v) is 11.3. The van der Waals surface area contributed by atoms with Gasteiger partial charge >= 0.3 is 0 Å². The van der Waals surface area contributed by atoms with Crippen LogP contribution in [0.15, 0.2) is 55.1 Å². The zero-order valence-electron chi connectivity index (χ0n) is 19.0. The number of fused-ring (bicyclic) bond motifs is 1. The monoisotopic (exact) mass is 471 g/mol. The molecule has 1 atom stereocenters. The second kappa shape index (κ2) is 8.76. The van der Waals surface area contributed by atoms with E-state index in [1.165, 1.54) is 22.0 Å². The number of nitriles is 1. The van der Waals surface area contributed by atoms with Gasteiger partial charge in [0.25, 0.3) is 11.7 Å². The van der Waals surface area contributed by atoms with Crippen molar-refractivity contribution in [1.29, 1.82) is 5.26 Å². The van der Waals surface area contributed by atoms with Gasteiger partial charge in [0.05, 0.1) is 46.5 Å². The molecule has 1 saturated heterocycles. The van der Waals surface area contributed by atoms with Crippen molar-refractivity contribution in [2.24, 2.45) is 5.92 Å². The van der Waals surface area contributed by atoms with Crippen LogP contribution in [0.4, 0.5) is 4.39 Å². The fourth-order valence-corrected chi connectivity index (χ4v) is 4.86. The van der Waals surface area contributed by atoms with Crippen LogP contribution in [-0.2, 0) is 10.2 Å². The molecule has 1 unspecified atom stereocenters. The highest BCUT2D eigenvalue weighted by Crippen LogP contribution is 2.38. The molecule has 1 N–H and O–H groups in total. The number of aromatic amines is 1. The number of halogens is 1. The van der Waals surface area contributed by atoms with Crippen LogP contribution < -0.4 is 0 Å². The first-order chi connectivity index (χ1) is 16.9. The van der Waals surface area contributed by atoms with Crippen LogP contribution in [0.25, 0.3) is 16.7 Å². The molecule has 0 saturated carbocycles. The Morgan fingerprint density at radius 1 is 1.23 bits per heavy atom. The number of piperidine rings is 1. The Labute approximate surface area is 200 Å². The van der Waals surface area contributed by atoms with Crippen LogP contribution in [-0.4, -0.2) is 54.6 Å². The second-order valence-electron chi connectivity index (χ2n) is 8.81. The Bertz CT molecular complexity index is 1430. The van der Waals surface area contributed by atoms with Crippen molar-refractivity contribution in [3.05, 3.63) is 72.1 Å². The number of H-pyrrole nitrogens is 1. The van der Waals surface area contributed by atoms with Crippen LogP contribution in [0, 0.1) is 23.1 Å². The number of hydrogen-bond donors (Lipinski definition) is 1. The highest BCUT2D eigenvalue weighted by molar-refractivity contribution is 6.45. The zero-order valence-corrected chi connectivity index (χ0v) is 19.0. The van der Waals surface area contributed by atoms with Crippen molar-refractivity contribution in [2.45, 2.75) is 25.2 Å². The lowest BCUT2D eigenvalue weighted by Gasteiger charge is -2.39. The van der Waals surface area contributed by atoms with Crippen molar-refractivity contribution in [3.8, 4) is 11.9 Å². The molecule has 9 nitrogen and oxygen atoms in total. The number of hydrogen-bond acceptors (Lipinski definition) is 6. The van der Waals surface area contributed by atoms with E-state index in [0.29, 0.717) is 25.9 Å². The van der Waals surface area contributed by atoms with Crippen LogP contribution in [0.2, 0.25) is 0 Å². The Balaban J connectivity index is 1.36. The second-order valence-corrected chi connectivity index (χ2v) is 8.81. The maximum atomic E-state index is 14.7. The predicted molar refractivity (Wildman–Crippen MR) is 124 cm³/mol. The van der Waals surface area contributed by atoms with Crippen LogP contribution in [0.3, 0.4) is 0 Å². The van der Waals surface area contributed by atoms with Crippen molar-refractivity contribution in [3.63, 3.8) is 0 Å². The molecular formula is C25H22FN7O2. The van der Waals surface area contributed by atoms with E-state index in [1.54, 1.807) is 6.20 Å². The lowest BCUT2D eigenvalue weighted by molar-refractivity contribution is -0.128. The average molecular weight is 471 g/mol. The van der Waals surface area contributed by atoms with Gasteiger partial charge in [-0.05, 0) is 31.2 Å². The molecule has 0 bridgehead atoms. The third-order valence-electron chi connectivity index (χ3n) is 6.93.